The summed E-state index contributed by atoms with van der Waals surface area (Å²) in [6.07, 6.45) is -0.0643. The molecule has 0 radical (unpaired) electrons. The zero-order valence-electron chi connectivity index (χ0n) is 20.5. The van der Waals surface area contributed by atoms with Gasteiger partial charge in [0.2, 0.25) is 5.91 Å². The van der Waals surface area contributed by atoms with Crippen molar-refractivity contribution in [3.8, 4) is 0 Å². The summed E-state index contributed by atoms with van der Waals surface area (Å²) in [6.45, 7) is 0.404. The second-order valence-corrected chi connectivity index (χ2v) is 9.72. The average molecular weight is 550 g/mol. The minimum atomic E-state index is -1.28. The Kier molecular flexibility index (Phi) is 7.07. The highest BCUT2D eigenvalue weighted by molar-refractivity contribution is 6.30. The van der Waals surface area contributed by atoms with Crippen molar-refractivity contribution in [2.75, 3.05) is 23.7 Å². The van der Waals surface area contributed by atoms with E-state index < -0.39 is 29.7 Å². The summed E-state index contributed by atoms with van der Waals surface area (Å²) in [7, 11) is 0. The summed E-state index contributed by atoms with van der Waals surface area (Å²) in [5.41, 5.74) is 1.21. The highest BCUT2D eigenvalue weighted by atomic mass is 35.5. The van der Waals surface area contributed by atoms with Crippen molar-refractivity contribution in [1.82, 2.24) is 15.2 Å². The lowest BCUT2D eigenvalue weighted by atomic mass is 9.90. The number of halogens is 1. The molecule has 1 spiro atoms. The summed E-state index contributed by atoms with van der Waals surface area (Å²) in [5, 5.41) is 16.9. The number of nitrogens with one attached hydrogen (secondary N) is 3. The Morgan fingerprint density at radius 1 is 1.15 bits per heavy atom. The van der Waals surface area contributed by atoms with E-state index in [9.17, 15) is 19.2 Å². The van der Waals surface area contributed by atoms with Crippen LogP contribution in [-0.4, -0.2) is 58.1 Å². The topological polar surface area (TPSA) is 150 Å². The quantitative estimate of drug-likeness (QED) is 0.364. The first-order chi connectivity index (χ1) is 18.7. The van der Waals surface area contributed by atoms with E-state index in [0.29, 0.717) is 29.2 Å². The number of fused-ring (bicyclic) bond motifs is 2. The van der Waals surface area contributed by atoms with E-state index in [1.165, 1.54) is 18.3 Å². The maximum atomic E-state index is 13.8. The fraction of sp³-hybridized carbons (Fsp3) is 0.222. The van der Waals surface area contributed by atoms with E-state index in [-0.39, 0.29) is 30.3 Å². The van der Waals surface area contributed by atoms with Crippen LogP contribution < -0.4 is 16.0 Å². The number of likely N-dealkylation sites (tertiary alicyclic amines) is 1. The van der Waals surface area contributed by atoms with Gasteiger partial charge in [-0.1, -0.05) is 41.9 Å². The monoisotopic (exact) mass is 549 g/mol. The number of hydrogen-bond donors (Lipinski definition) is 4. The summed E-state index contributed by atoms with van der Waals surface area (Å²) >= 11 is 6.23. The molecule has 1 aromatic heterocycles. The highest BCUT2D eigenvalue weighted by Gasteiger charge is 2.49. The lowest BCUT2D eigenvalue weighted by Crippen LogP contribution is -2.50. The van der Waals surface area contributed by atoms with Crippen molar-refractivity contribution in [3.63, 3.8) is 0 Å². The van der Waals surface area contributed by atoms with E-state index in [1.54, 1.807) is 23.1 Å². The first kappa shape index (κ1) is 26.0. The van der Waals surface area contributed by atoms with Crippen LogP contribution in [0.3, 0.4) is 0 Å². The van der Waals surface area contributed by atoms with Crippen LogP contribution in [-0.2, 0) is 21.6 Å². The number of ether oxygens (including phenoxy) is 1. The molecule has 200 valence electrons. The number of benzene rings is 2. The number of anilines is 2. The van der Waals surface area contributed by atoms with Gasteiger partial charge in [-0.2, -0.15) is 0 Å². The van der Waals surface area contributed by atoms with Gasteiger partial charge in [0.1, 0.15) is 11.9 Å². The smallest absolute Gasteiger partial charge is 0.412 e. The predicted octanol–water partition coefficient (Wildman–Crippen LogP) is 3.86. The Morgan fingerprint density at radius 3 is 2.67 bits per heavy atom. The van der Waals surface area contributed by atoms with Gasteiger partial charge in [0.25, 0.3) is 5.91 Å². The van der Waals surface area contributed by atoms with Crippen LogP contribution in [0.4, 0.5) is 21.1 Å². The highest BCUT2D eigenvalue weighted by Crippen LogP contribution is 2.43. The molecule has 2 aromatic carbocycles. The molecule has 11 nitrogen and oxygen atoms in total. The molecule has 0 bridgehead atoms. The molecule has 3 aromatic rings. The molecule has 2 atom stereocenters. The van der Waals surface area contributed by atoms with E-state index in [1.807, 2.05) is 30.3 Å². The Balaban J connectivity index is 1.37. The maximum Gasteiger partial charge on any atom is 0.412 e. The largest absolute Gasteiger partial charge is 0.465 e. The average Bonchev–Trinajstić information content (AvgIpc) is 3.33. The second-order valence-electron chi connectivity index (χ2n) is 9.29. The zero-order chi connectivity index (χ0) is 27.6. The molecule has 5 rings (SSSR count). The molecule has 39 heavy (non-hydrogen) atoms. The van der Waals surface area contributed by atoms with Gasteiger partial charge in [0, 0.05) is 36.2 Å². The third kappa shape index (κ3) is 5.63. The molecular formula is C27H24ClN5O6. The molecule has 0 saturated carbocycles. The van der Waals surface area contributed by atoms with Crippen molar-refractivity contribution < 1.29 is 29.0 Å². The molecule has 1 fully saturated rings. The number of carbonyl (C=O) groups is 4. The normalized spacial score (nSPS) is 18.5. The van der Waals surface area contributed by atoms with Gasteiger partial charge in [0.05, 0.1) is 17.8 Å². The lowest BCUT2D eigenvalue weighted by molar-refractivity contribution is -0.133. The molecule has 2 aliphatic heterocycles. The van der Waals surface area contributed by atoms with Crippen LogP contribution in [0.25, 0.3) is 0 Å². The molecule has 1 unspecified atom stereocenters. The minimum Gasteiger partial charge on any atom is -0.465 e. The van der Waals surface area contributed by atoms with Crippen molar-refractivity contribution >= 4 is 47.1 Å². The van der Waals surface area contributed by atoms with E-state index in [0.717, 1.165) is 5.56 Å². The number of nitrogens with zero attached hydrogens (tertiary/aromatic N) is 2. The number of rotatable bonds is 6. The Labute approximate surface area is 228 Å². The molecule has 4 N–H and O–H groups in total. The van der Waals surface area contributed by atoms with Gasteiger partial charge in [-0.25, -0.2) is 14.6 Å². The third-order valence-corrected chi connectivity index (χ3v) is 6.92. The Morgan fingerprint density at radius 2 is 1.95 bits per heavy atom. The van der Waals surface area contributed by atoms with Crippen LogP contribution in [0.5, 0.6) is 0 Å². The van der Waals surface area contributed by atoms with Crippen LogP contribution in [0.15, 0.2) is 66.9 Å². The Bertz CT molecular complexity index is 1430. The molecule has 0 aliphatic carbocycles. The van der Waals surface area contributed by atoms with Gasteiger partial charge >= 0.3 is 12.2 Å². The maximum absolute atomic E-state index is 13.8. The molecule has 12 heteroatoms. The molecule has 3 heterocycles. The summed E-state index contributed by atoms with van der Waals surface area (Å²) in [5.74, 6) is -0.812. The van der Waals surface area contributed by atoms with Gasteiger partial charge < -0.3 is 20.1 Å². The molecule has 4 amide bonds. The molecule has 1 saturated heterocycles. The minimum absolute atomic E-state index is 0.0650. The molecular weight excluding hydrogens is 526 g/mol. The van der Waals surface area contributed by atoms with E-state index in [4.69, 9.17) is 21.4 Å². The number of pyridine rings is 1. The number of aromatic nitrogens is 1. The van der Waals surface area contributed by atoms with Gasteiger partial charge in [-0.3, -0.25) is 20.2 Å². The van der Waals surface area contributed by atoms with Gasteiger partial charge in [0.15, 0.2) is 5.60 Å². The fourth-order valence-corrected chi connectivity index (χ4v) is 5.04. The number of carbonyl (C=O) groups excluding carboxylic acids is 3. The van der Waals surface area contributed by atoms with Crippen molar-refractivity contribution in [2.24, 2.45) is 0 Å². The van der Waals surface area contributed by atoms with Crippen LogP contribution in [0.2, 0.25) is 5.02 Å². The van der Waals surface area contributed by atoms with Crippen molar-refractivity contribution in [3.05, 3.63) is 88.6 Å². The predicted molar refractivity (Wildman–Crippen MR) is 142 cm³/mol. The van der Waals surface area contributed by atoms with E-state index >= 15 is 0 Å². The van der Waals surface area contributed by atoms with Gasteiger partial charge in [-0.15, -0.1) is 0 Å². The SMILES string of the molecule is O=C(O)Nc1ccc(C(=O)N[C@@H](Cc2ccccc2)C(=O)N2CCC3(C2)OC(=O)Nc2ccc(Cl)cc23)cn1. The summed E-state index contributed by atoms with van der Waals surface area (Å²) in [6, 6.07) is 16.2. The molecule has 2 aliphatic rings. The first-order valence-electron chi connectivity index (χ1n) is 12.1. The number of hydrogen-bond acceptors (Lipinski definition) is 6. The third-order valence-electron chi connectivity index (χ3n) is 6.69. The first-order valence-corrected chi connectivity index (χ1v) is 12.5. The Hall–Kier alpha value is -4.64. The second kappa shape index (κ2) is 10.6. The lowest BCUT2D eigenvalue weighted by Gasteiger charge is -2.35. The van der Waals surface area contributed by atoms with Crippen molar-refractivity contribution in [1.29, 1.82) is 0 Å². The van der Waals surface area contributed by atoms with Crippen molar-refractivity contribution in [2.45, 2.75) is 24.5 Å². The van der Waals surface area contributed by atoms with Gasteiger partial charge in [-0.05, 0) is 35.9 Å². The zero-order valence-corrected chi connectivity index (χ0v) is 21.3. The fourth-order valence-electron chi connectivity index (χ4n) is 4.87. The van der Waals surface area contributed by atoms with E-state index in [2.05, 4.69) is 20.9 Å². The number of amides is 4. The van der Waals surface area contributed by atoms with Crippen LogP contribution in [0, 0.1) is 0 Å². The number of carboxylic acid groups (broad SMARTS) is 1. The summed E-state index contributed by atoms with van der Waals surface area (Å²) in [4.78, 5) is 55.6. The standard InChI is InChI=1S/C27H24ClN5O6/c28-18-7-8-20-19(13-18)27(39-26(38)31-20)10-11-33(15-27)24(35)21(12-16-4-2-1-3-5-16)30-23(34)17-6-9-22(29-14-17)32-25(36)37/h1-9,13-14,21H,10-12,15H2,(H,29,32)(H,30,34)(H,31,38)(H,36,37)/t21-,27?/m0/s1. The van der Waals surface area contributed by atoms with Crippen LogP contribution in [0.1, 0.15) is 27.9 Å². The van der Waals surface area contributed by atoms with Crippen LogP contribution >= 0.6 is 11.6 Å². The summed E-state index contributed by atoms with van der Waals surface area (Å²) < 4.78 is 5.74.